The SMILES string of the molecule is [Cl][Ti][Cl].c1ccc([N-]c2ccccc2-c2ccccc2[N-]c2ccccc2)cc1. The van der Waals surface area contributed by atoms with E-state index in [0.717, 1.165) is 33.9 Å². The van der Waals surface area contributed by atoms with Crippen molar-refractivity contribution < 1.29 is 17.0 Å². The Morgan fingerprint density at radius 1 is 0.448 bits per heavy atom. The van der Waals surface area contributed by atoms with Crippen LogP contribution in [0.25, 0.3) is 21.8 Å². The molecule has 0 saturated heterocycles. The number of hydrogen-bond acceptors (Lipinski definition) is 0. The summed E-state index contributed by atoms with van der Waals surface area (Å²) in [5.74, 6) is 0. The Bertz CT molecular complexity index is 928. The second-order valence-electron chi connectivity index (χ2n) is 6.00. The Balaban J connectivity index is 0.000000755. The first-order chi connectivity index (χ1) is 14.3. The zero-order chi connectivity index (χ0) is 20.3. The van der Waals surface area contributed by atoms with Crippen molar-refractivity contribution in [3.8, 4) is 11.1 Å². The maximum atomic E-state index is 4.89. The number of hydrogen-bond donors (Lipinski definition) is 0. The first kappa shape index (κ1) is 21.5. The number of benzene rings is 4. The van der Waals surface area contributed by atoms with Crippen molar-refractivity contribution >= 4 is 41.4 Å². The fourth-order valence-electron chi connectivity index (χ4n) is 2.88. The molecule has 0 radical (unpaired) electrons. The predicted octanol–water partition coefficient (Wildman–Crippen LogP) is 9.40. The Morgan fingerprint density at radius 2 is 0.759 bits per heavy atom. The Kier molecular flexibility index (Phi) is 8.67. The first-order valence-corrected chi connectivity index (χ1v) is 13.3. The second kappa shape index (κ2) is 11.7. The zero-order valence-electron chi connectivity index (χ0n) is 15.5. The summed E-state index contributed by atoms with van der Waals surface area (Å²) in [4.78, 5) is 0. The van der Waals surface area contributed by atoms with Gasteiger partial charge in [0.1, 0.15) is 0 Å². The number of nitrogens with zero attached hydrogens (tertiary/aromatic N) is 2. The van der Waals surface area contributed by atoms with Gasteiger partial charge >= 0.3 is 35.6 Å². The molecule has 0 aliphatic heterocycles. The molecule has 4 aromatic carbocycles. The fraction of sp³-hybridized carbons (Fsp3) is 0. The van der Waals surface area contributed by atoms with E-state index in [-0.39, 0.29) is 0 Å². The van der Waals surface area contributed by atoms with E-state index in [0.29, 0.717) is 0 Å². The van der Waals surface area contributed by atoms with Gasteiger partial charge in [-0.25, -0.2) is 0 Å². The van der Waals surface area contributed by atoms with E-state index in [1.165, 1.54) is 0 Å². The first-order valence-electron chi connectivity index (χ1n) is 9.00. The van der Waals surface area contributed by atoms with Crippen LogP contribution in [0.1, 0.15) is 0 Å². The average Bonchev–Trinajstić information content (AvgIpc) is 2.77. The summed E-state index contributed by atoms with van der Waals surface area (Å²) in [5, 5.41) is 9.65. The van der Waals surface area contributed by atoms with Crippen LogP contribution in [-0.2, 0) is 17.0 Å². The van der Waals surface area contributed by atoms with E-state index in [2.05, 4.69) is 12.1 Å². The van der Waals surface area contributed by atoms with Gasteiger partial charge in [0, 0.05) is 0 Å². The fourth-order valence-corrected chi connectivity index (χ4v) is 2.88. The average molecular weight is 453 g/mol. The molecule has 0 N–H and O–H groups in total. The van der Waals surface area contributed by atoms with Crippen molar-refractivity contribution in [1.82, 2.24) is 0 Å². The molecule has 0 atom stereocenters. The standard InChI is InChI=1S/C24H18N2.2ClH.Ti/c1-3-11-19(12-4-1)25-23-17-9-7-15-21(23)22-16-8-10-18-24(22)26-20-13-5-2-6-14-20;;;/h1-18H;2*1H;/q-2;;;+2/p-2. The van der Waals surface area contributed by atoms with Crippen LogP contribution >= 0.6 is 18.6 Å². The van der Waals surface area contributed by atoms with Gasteiger partial charge in [0.05, 0.1) is 0 Å². The maximum Gasteiger partial charge on any atom is -0.0343 e. The van der Waals surface area contributed by atoms with Gasteiger partial charge in [-0.05, 0) is 11.1 Å². The summed E-state index contributed by atoms with van der Waals surface area (Å²) in [7, 11) is 9.78. The summed E-state index contributed by atoms with van der Waals surface area (Å²) < 4.78 is 0. The summed E-state index contributed by atoms with van der Waals surface area (Å²) in [6, 6.07) is 36.4. The molecular weight excluding hydrogens is 435 g/mol. The molecule has 0 aliphatic carbocycles. The van der Waals surface area contributed by atoms with Gasteiger partial charge < -0.3 is 10.6 Å². The molecule has 144 valence electrons. The van der Waals surface area contributed by atoms with Crippen molar-refractivity contribution in [3.05, 3.63) is 120 Å². The molecule has 0 bridgehead atoms. The minimum Gasteiger partial charge on any atom is -0.657 e. The van der Waals surface area contributed by atoms with Crippen LogP contribution < -0.4 is 0 Å². The minimum atomic E-state index is -0.556. The van der Waals surface area contributed by atoms with Crippen molar-refractivity contribution in [1.29, 1.82) is 0 Å². The predicted molar refractivity (Wildman–Crippen MR) is 122 cm³/mol. The zero-order valence-corrected chi connectivity index (χ0v) is 18.6. The van der Waals surface area contributed by atoms with Gasteiger partial charge in [-0.1, -0.05) is 109 Å². The van der Waals surface area contributed by atoms with Gasteiger partial charge in [-0.2, -0.15) is 0 Å². The molecule has 0 amide bonds. The van der Waals surface area contributed by atoms with Crippen LogP contribution in [0.3, 0.4) is 0 Å². The summed E-state index contributed by atoms with van der Waals surface area (Å²) >= 11 is -0.556. The number of halogens is 2. The molecule has 4 rings (SSSR count). The molecule has 0 unspecified atom stereocenters. The van der Waals surface area contributed by atoms with E-state index in [4.69, 9.17) is 29.2 Å². The number of para-hydroxylation sites is 4. The van der Waals surface area contributed by atoms with Crippen LogP contribution in [0.2, 0.25) is 0 Å². The van der Waals surface area contributed by atoms with Gasteiger partial charge in [-0.3, -0.25) is 0 Å². The van der Waals surface area contributed by atoms with Crippen LogP contribution in [0.5, 0.6) is 0 Å². The summed E-state index contributed by atoms with van der Waals surface area (Å²) in [5.41, 5.74) is 5.91. The van der Waals surface area contributed by atoms with Crippen molar-refractivity contribution in [2.75, 3.05) is 0 Å². The summed E-state index contributed by atoms with van der Waals surface area (Å²) in [6.45, 7) is 0. The normalized spacial score (nSPS) is 9.72. The second-order valence-corrected chi connectivity index (χ2v) is 8.58. The third-order valence-corrected chi connectivity index (χ3v) is 4.11. The molecule has 29 heavy (non-hydrogen) atoms. The Morgan fingerprint density at radius 3 is 1.14 bits per heavy atom. The Hall–Kier alpha value is -2.23. The van der Waals surface area contributed by atoms with Gasteiger partial charge in [0.25, 0.3) is 0 Å². The third kappa shape index (κ3) is 6.38. The largest absolute Gasteiger partial charge is 0.657 e. The van der Waals surface area contributed by atoms with E-state index < -0.39 is 17.0 Å². The molecule has 2 nitrogen and oxygen atoms in total. The van der Waals surface area contributed by atoms with Crippen molar-refractivity contribution in [2.45, 2.75) is 0 Å². The molecular formula is C24H18Cl2N2Ti-2. The molecule has 0 aliphatic rings. The van der Waals surface area contributed by atoms with E-state index in [9.17, 15) is 0 Å². The topological polar surface area (TPSA) is 28.2 Å². The molecule has 4 aromatic rings. The van der Waals surface area contributed by atoms with Crippen LogP contribution in [0.4, 0.5) is 22.7 Å². The molecule has 0 spiro atoms. The van der Waals surface area contributed by atoms with Crippen molar-refractivity contribution in [3.63, 3.8) is 0 Å². The maximum absolute atomic E-state index is 4.89. The summed E-state index contributed by atoms with van der Waals surface area (Å²) in [6.07, 6.45) is 0. The third-order valence-electron chi connectivity index (χ3n) is 4.11. The smallest absolute Gasteiger partial charge is 0.0343 e. The van der Waals surface area contributed by atoms with Crippen LogP contribution in [0, 0.1) is 0 Å². The molecule has 5 heteroatoms. The van der Waals surface area contributed by atoms with Gasteiger partial charge in [0.15, 0.2) is 0 Å². The van der Waals surface area contributed by atoms with Crippen molar-refractivity contribution in [2.24, 2.45) is 0 Å². The van der Waals surface area contributed by atoms with E-state index >= 15 is 0 Å². The molecule has 0 saturated carbocycles. The monoisotopic (exact) mass is 452 g/mol. The minimum absolute atomic E-state index is 0.556. The quantitative estimate of drug-likeness (QED) is 0.269. The van der Waals surface area contributed by atoms with Crippen LogP contribution in [-0.4, -0.2) is 0 Å². The molecule has 0 heterocycles. The van der Waals surface area contributed by atoms with E-state index in [1.54, 1.807) is 0 Å². The van der Waals surface area contributed by atoms with Crippen LogP contribution in [0.15, 0.2) is 109 Å². The Labute approximate surface area is 188 Å². The van der Waals surface area contributed by atoms with Gasteiger partial charge in [-0.15, -0.1) is 22.7 Å². The van der Waals surface area contributed by atoms with E-state index in [1.807, 2.05) is 97.1 Å². The number of rotatable bonds is 5. The van der Waals surface area contributed by atoms with Gasteiger partial charge in [0.2, 0.25) is 0 Å². The molecule has 0 fully saturated rings. The molecule has 0 aromatic heterocycles.